The summed E-state index contributed by atoms with van der Waals surface area (Å²) in [7, 11) is 0. The highest BCUT2D eigenvalue weighted by atomic mass is 15.2. The lowest BCUT2D eigenvalue weighted by Gasteiger charge is -2.26. The number of nitrogens with two attached hydrogens (primary N) is 1. The van der Waals surface area contributed by atoms with Crippen molar-refractivity contribution in [1.29, 1.82) is 0 Å². The molecule has 3 unspecified atom stereocenters. The molecule has 0 aliphatic heterocycles. The molecule has 2 aliphatic rings. The Morgan fingerprint density at radius 2 is 1.88 bits per heavy atom. The topological polar surface area (TPSA) is 38.0 Å². The number of nitrogens with one attached hydrogen (secondary N) is 1. The van der Waals surface area contributed by atoms with Crippen LogP contribution in [0.4, 0.5) is 0 Å². The van der Waals surface area contributed by atoms with Gasteiger partial charge in [0.2, 0.25) is 0 Å². The molecule has 2 nitrogen and oxygen atoms in total. The van der Waals surface area contributed by atoms with Crippen LogP contribution in [0, 0.1) is 31.6 Å². The van der Waals surface area contributed by atoms with Crippen molar-refractivity contribution in [3.05, 3.63) is 34.9 Å². The molecule has 0 heterocycles. The van der Waals surface area contributed by atoms with E-state index in [1.165, 1.54) is 36.0 Å². The zero-order valence-corrected chi connectivity index (χ0v) is 10.7. The minimum absolute atomic E-state index is 0.350. The summed E-state index contributed by atoms with van der Waals surface area (Å²) in [6, 6.07) is 7.06. The second kappa shape index (κ2) is 4.11. The number of hydrogen-bond donors (Lipinski definition) is 2. The Morgan fingerprint density at radius 1 is 1.18 bits per heavy atom. The fourth-order valence-corrected chi connectivity index (χ4v) is 3.69. The molecular formula is C15H22N2. The maximum atomic E-state index is 5.80. The molecule has 1 aromatic carbocycles. The Kier molecular flexibility index (Phi) is 2.72. The molecule has 3 atom stereocenters. The van der Waals surface area contributed by atoms with Gasteiger partial charge in [0.25, 0.3) is 0 Å². The number of aryl methyl sites for hydroxylation is 2. The van der Waals surface area contributed by atoms with Gasteiger partial charge in [-0.3, -0.25) is 11.3 Å². The van der Waals surface area contributed by atoms with Gasteiger partial charge < -0.3 is 0 Å². The van der Waals surface area contributed by atoms with E-state index in [1.54, 1.807) is 0 Å². The monoisotopic (exact) mass is 230 g/mol. The van der Waals surface area contributed by atoms with Gasteiger partial charge in [-0.05, 0) is 62.0 Å². The molecule has 0 aromatic heterocycles. The summed E-state index contributed by atoms with van der Waals surface area (Å²) < 4.78 is 0. The van der Waals surface area contributed by atoms with Crippen molar-refractivity contribution >= 4 is 0 Å². The van der Waals surface area contributed by atoms with E-state index >= 15 is 0 Å². The van der Waals surface area contributed by atoms with Crippen molar-refractivity contribution in [1.82, 2.24) is 5.43 Å². The summed E-state index contributed by atoms with van der Waals surface area (Å²) in [5.74, 6) is 8.57. The van der Waals surface area contributed by atoms with E-state index in [0.717, 1.165) is 17.8 Å². The maximum Gasteiger partial charge on any atom is 0.0490 e. The highest BCUT2D eigenvalue weighted by Crippen LogP contribution is 2.57. The predicted molar refractivity (Wildman–Crippen MR) is 70.3 cm³/mol. The molecule has 0 spiro atoms. The van der Waals surface area contributed by atoms with Gasteiger partial charge in [-0.25, -0.2) is 0 Å². The molecule has 0 saturated heterocycles. The molecule has 2 heteroatoms. The average molecular weight is 230 g/mol. The van der Waals surface area contributed by atoms with E-state index in [0.29, 0.717) is 6.04 Å². The molecule has 2 aliphatic carbocycles. The average Bonchev–Trinajstić information content (AvgIpc) is 2.90. The van der Waals surface area contributed by atoms with Crippen molar-refractivity contribution in [2.75, 3.05) is 0 Å². The predicted octanol–water partition coefficient (Wildman–Crippen LogP) is 2.85. The van der Waals surface area contributed by atoms with Crippen molar-refractivity contribution < 1.29 is 0 Å². The van der Waals surface area contributed by atoms with E-state index in [9.17, 15) is 0 Å². The summed E-state index contributed by atoms with van der Waals surface area (Å²) in [4.78, 5) is 0. The van der Waals surface area contributed by atoms with Gasteiger partial charge in [-0.15, -0.1) is 0 Å². The first-order chi connectivity index (χ1) is 8.19. The van der Waals surface area contributed by atoms with Gasteiger partial charge in [0.15, 0.2) is 0 Å². The molecule has 0 amide bonds. The fourth-order valence-electron chi connectivity index (χ4n) is 3.69. The lowest BCUT2D eigenvalue weighted by molar-refractivity contribution is 0.344. The van der Waals surface area contributed by atoms with Crippen LogP contribution in [0.5, 0.6) is 0 Å². The lowest BCUT2D eigenvalue weighted by Crippen LogP contribution is -2.33. The Bertz CT molecular complexity index is 417. The summed E-state index contributed by atoms with van der Waals surface area (Å²) in [6.45, 7) is 4.34. The first kappa shape index (κ1) is 11.2. The molecule has 3 N–H and O–H groups in total. The Hall–Kier alpha value is -0.860. The quantitative estimate of drug-likeness (QED) is 0.619. The van der Waals surface area contributed by atoms with Crippen LogP contribution in [-0.4, -0.2) is 0 Å². The zero-order chi connectivity index (χ0) is 12.0. The fraction of sp³-hybridized carbons (Fsp3) is 0.600. The smallest absolute Gasteiger partial charge is 0.0490 e. The number of rotatable bonds is 3. The summed E-state index contributed by atoms with van der Waals surface area (Å²) in [5, 5.41) is 0. The lowest BCUT2D eigenvalue weighted by atomic mass is 9.87. The van der Waals surface area contributed by atoms with Crippen LogP contribution >= 0.6 is 0 Å². The molecular weight excluding hydrogens is 208 g/mol. The van der Waals surface area contributed by atoms with Gasteiger partial charge >= 0.3 is 0 Å². The molecule has 92 valence electrons. The minimum Gasteiger partial charge on any atom is -0.271 e. The zero-order valence-electron chi connectivity index (χ0n) is 10.7. The van der Waals surface area contributed by atoms with Gasteiger partial charge in [-0.2, -0.15) is 0 Å². The maximum absolute atomic E-state index is 5.80. The van der Waals surface area contributed by atoms with Gasteiger partial charge in [-0.1, -0.05) is 23.8 Å². The highest BCUT2D eigenvalue weighted by Gasteiger charge is 2.48. The first-order valence-electron chi connectivity index (χ1n) is 6.72. The number of fused-ring (bicyclic) bond motifs is 1. The Balaban J connectivity index is 1.84. The normalized spacial score (nSPS) is 32.3. The molecule has 3 rings (SSSR count). The van der Waals surface area contributed by atoms with Crippen LogP contribution in [0.1, 0.15) is 42.0 Å². The first-order valence-corrected chi connectivity index (χ1v) is 6.72. The van der Waals surface area contributed by atoms with Crippen molar-refractivity contribution in [3.63, 3.8) is 0 Å². The van der Waals surface area contributed by atoms with Crippen molar-refractivity contribution in [2.45, 2.75) is 39.2 Å². The second-order valence-electron chi connectivity index (χ2n) is 5.99. The van der Waals surface area contributed by atoms with Crippen molar-refractivity contribution in [3.8, 4) is 0 Å². The van der Waals surface area contributed by atoms with Crippen LogP contribution in [0.25, 0.3) is 0 Å². The van der Waals surface area contributed by atoms with E-state index in [2.05, 4.69) is 37.5 Å². The van der Waals surface area contributed by atoms with Crippen LogP contribution in [0.3, 0.4) is 0 Å². The standard InChI is InChI=1S/C15H22N2/c1-9-3-4-14(10(2)5-9)15(17-16)13-7-11-6-12(11)8-13/h3-5,11-13,15,17H,6-8,16H2,1-2H3. The SMILES string of the molecule is Cc1ccc(C(NN)C2CC3CC3C2)c(C)c1. The third kappa shape index (κ3) is 2.00. The summed E-state index contributed by atoms with van der Waals surface area (Å²) in [6.07, 6.45) is 4.21. The second-order valence-corrected chi connectivity index (χ2v) is 5.99. The van der Waals surface area contributed by atoms with Crippen molar-refractivity contribution in [2.24, 2.45) is 23.6 Å². The third-order valence-corrected chi connectivity index (χ3v) is 4.69. The molecule has 2 saturated carbocycles. The Morgan fingerprint density at radius 3 is 2.47 bits per heavy atom. The summed E-state index contributed by atoms with van der Waals surface area (Å²) in [5.41, 5.74) is 7.15. The number of benzene rings is 1. The molecule has 0 radical (unpaired) electrons. The number of hydrazine groups is 1. The van der Waals surface area contributed by atoms with Crippen LogP contribution in [0.2, 0.25) is 0 Å². The van der Waals surface area contributed by atoms with E-state index in [-0.39, 0.29) is 0 Å². The molecule has 0 bridgehead atoms. The Labute approximate surface area is 104 Å². The third-order valence-electron chi connectivity index (χ3n) is 4.69. The molecule has 2 fully saturated rings. The van der Waals surface area contributed by atoms with E-state index in [1.807, 2.05) is 0 Å². The van der Waals surface area contributed by atoms with Crippen LogP contribution in [0.15, 0.2) is 18.2 Å². The largest absolute Gasteiger partial charge is 0.271 e. The van der Waals surface area contributed by atoms with Gasteiger partial charge in [0, 0.05) is 6.04 Å². The minimum atomic E-state index is 0.350. The summed E-state index contributed by atoms with van der Waals surface area (Å²) >= 11 is 0. The van der Waals surface area contributed by atoms with E-state index < -0.39 is 0 Å². The van der Waals surface area contributed by atoms with Crippen LogP contribution in [-0.2, 0) is 0 Å². The number of hydrogen-bond acceptors (Lipinski definition) is 2. The molecule has 17 heavy (non-hydrogen) atoms. The van der Waals surface area contributed by atoms with Gasteiger partial charge in [0.05, 0.1) is 0 Å². The van der Waals surface area contributed by atoms with Gasteiger partial charge in [0.1, 0.15) is 0 Å². The highest BCUT2D eigenvalue weighted by molar-refractivity contribution is 5.33. The van der Waals surface area contributed by atoms with E-state index in [4.69, 9.17) is 5.84 Å². The van der Waals surface area contributed by atoms with Crippen LogP contribution < -0.4 is 11.3 Å². The molecule has 1 aromatic rings.